The van der Waals surface area contributed by atoms with Crippen molar-refractivity contribution in [1.82, 2.24) is 15.0 Å². The minimum atomic E-state index is -0.182. The van der Waals surface area contributed by atoms with Crippen LogP contribution in [0.3, 0.4) is 0 Å². The van der Waals surface area contributed by atoms with Gasteiger partial charge >= 0.3 is 0 Å². The number of nitrogens with zero attached hydrogens (tertiary/aromatic N) is 3. The molecule has 92 valence electrons. The Balaban J connectivity index is 2.39. The fourth-order valence-corrected chi connectivity index (χ4v) is 1.38. The molecule has 1 rings (SSSR count). The van der Waals surface area contributed by atoms with E-state index in [-0.39, 0.29) is 6.04 Å². The van der Waals surface area contributed by atoms with Crippen LogP contribution in [0.4, 0.5) is 0 Å². The van der Waals surface area contributed by atoms with Crippen LogP contribution in [0.5, 0.6) is 0 Å². The first-order valence-electron chi connectivity index (χ1n) is 5.50. The molecule has 1 unspecified atom stereocenters. The smallest absolute Gasteiger partial charge is 0.0777 e. The van der Waals surface area contributed by atoms with Crippen molar-refractivity contribution in [2.45, 2.75) is 25.9 Å². The largest absolute Gasteiger partial charge is 0.382 e. The van der Waals surface area contributed by atoms with Crippen LogP contribution in [0.25, 0.3) is 0 Å². The second-order valence-electron chi connectivity index (χ2n) is 3.56. The summed E-state index contributed by atoms with van der Waals surface area (Å²) in [5.41, 5.74) is 6.90. The Morgan fingerprint density at radius 2 is 2.31 bits per heavy atom. The van der Waals surface area contributed by atoms with Gasteiger partial charge in [-0.1, -0.05) is 12.1 Å². The monoisotopic (exact) mass is 228 g/mol. The van der Waals surface area contributed by atoms with Gasteiger partial charge in [0.1, 0.15) is 0 Å². The molecule has 1 aromatic rings. The summed E-state index contributed by atoms with van der Waals surface area (Å²) in [7, 11) is 1.64. The summed E-state index contributed by atoms with van der Waals surface area (Å²) in [4.78, 5) is 0. The van der Waals surface area contributed by atoms with Crippen LogP contribution < -0.4 is 5.73 Å². The second-order valence-corrected chi connectivity index (χ2v) is 3.56. The molecule has 6 nitrogen and oxygen atoms in total. The topological polar surface area (TPSA) is 75.2 Å². The Kier molecular flexibility index (Phi) is 5.99. The van der Waals surface area contributed by atoms with E-state index in [4.69, 9.17) is 15.2 Å². The molecule has 0 radical (unpaired) electrons. The zero-order valence-corrected chi connectivity index (χ0v) is 9.93. The zero-order chi connectivity index (χ0) is 11.8. The zero-order valence-electron chi connectivity index (χ0n) is 9.93. The van der Waals surface area contributed by atoms with Crippen molar-refractivity contribution < 1.29 is 9.47 Å². The van der Waals surface area contributed by atoms with Crippen LogP contribution in [0.2, 0.25) is 0 Å². The molecular weight excluding hydrogens is 208 g/mol. The normalized spacial score (nSPS) is 12.9. The van der Waals surface area contributed by atoms with Crippen LogP contribution in [-0.4, -0.2) is 41.9 Å². The first-order valence-corrected chi connectivity index (χ1v) is 5.50. The first kappa shape index (κ1) is 13.1. The highest BCUT2D eigenvalue weighted by atomic mass is 16.5. The molecule has 0 aromatic carbocycles. The average molecular weight is 228 g/mol. The van der Waals surface area contributed by atoms with Gasteiger partial charge in [-0.2, -0.15) is 0 Å². The number of aryl methyl sites for hydroxylation is 1. The summed E-state index contributed by atoms with van der Waals surface area (Å²) in [6.07, 6.45) is 2.70. The summed E-state index contributed by atoms with van der Waals surface area (Å²) in [5, 5.41) is 7.84. The standard InChI is InChI=1S/C10H20N4O2/c1-3-4-14-10(7-12-13-14)9(11)8-16-6-5-15-2/h7,9H,3-6,8,11H2,1-2H3. The van der Waals surface area contributed by atoms with Crippen molar-refractivity contribution in [2.75, 3.05) is 26.9 Å². The molecule has 0 amide bonds. The van der Waals surface area contributed by atoms with Crippen molar-refractivity contribution in [3.8, 4) is 0 Å². The van der Waals surface area contributed by atoms with Crippen LogP contribution >= 0.6 is 0 Å². The fraction of sp³-hybridized carbons (Fsp3) is 0.800. The Hall–Kier alpha value is -0.980. The van der Waals surface area contributed by atoms with Crippen molar-refractivity contribution in [2.24, 2.45) is 5.73 Å². The predicted octanol–water partition coefficient (Wildman–Crippen LogP) is 0.351. The third-order valence-electron chi connectivity index (χ3n) is 2.19. The van der Waals surface area contributed by atoms with Crippen LogP contribution in [-0.2, 0) is 16.0 Å². The van der Waals surface area contributed by atoms with E-state index in [0.717, 1.165) is 18.7 Å². The summed E-state index contributed by atoms with van der Waals surface area (Å²) in [6.45, 7) is 4.52. The molecule has 1 heterocycles. The van der Waals surface area contributed by atoms with Gasteiger partial charge in [0.25, 0.3) is 0 Å². The van der Waals surface area contributed by atoms with Crippen LogP contribution in [0.1, 0.15) is 25.1 Å². The van der Waals surface area contributed by atoms with Crippen molar-refractivity contribution in [3.63, 3.8) is 0 Å². The van der Waals surface area contributed by atoms with E-state index in [1.165, 1.54) is 0 Å². The molecule has 6 heteroatoms. The maximum absolute atomic E-state index is 5.99. The van der Waals surface area contributed by atoms with Gasteiger partial charge in [0.15, 0.2) is 0 Å². The van der Waals surface area contributed by atoms with E-state index in [1.54, 1.807) is 13.3 Å². The van der Waals surface area contributed by atoms with E-state index in [1.807, 2.05) is 4.68 Å². The first-order chi connectivity index (χ1) is 7.79. The highest BCUT2D eigenvalue weighted by Crippen LogP contribution is 2.09. The van der Waals surface area contributed by atoms with Gasteiger partial charge in [0, 0.05) is 13.7 Å². The second kappa shape index (κ2) is 7.32. The lowest BCUT2D eigenvalue weighted by Gasteiger charge is -2.13. The molecule has 0 spiro atoms. The van der Waals surface area contributed by atoms with Crippen molar-refractivity contribution in [1.29, 1.82) is 0 Å². The molecule has 0 bridgehead atoms. The SMILES string of the molecule is CCCn1nncc1C(N)COCCOC. The van der Waals surface area contributed by atoms with E-state index in [0.29, 0.717) is 19.8 Å². The van der Waals surface area contributed by atoms with E-state index >= 15 is 0 Å². The lowest BCUT2D eigenvalue weighted by molar-refractivity contribution is 0.0625. The molecule has 16 heavy (non-hydrogen) atoms. The molecule has 1 atom stereocenters. The lowest BCUT2D eigenvalue weighted by atomic mass is 10.2. The summed E-state index contributed by atoms with van der Waals surface area (Å²) in [6, 6.07) is -0.182. The minimum Gasteiger partial charge on any atom is -0.382 e. The van der Waals surface area contributed by atoms with E-state index < -0.39 is 0 Å². The molecule has 0 fully saturated rings. The quantitative estimate of drug-likeness (QED) is 0.650. The maximum Gasteiger partial charge on any atom is 0.0777 e. The number of ether oxygens (including phenoxy) is 2. The molecule has 0 aliphatic heterocycles. The summed E-state index contributed by atoms with van der Waals surface area (Å²) < 4.78 is 12.1. The number of hydrogen-bond donors (Lipinski definition) is 1. The average Bonchev–Trinajstić information content (AvgIpc) is 2.73. The number of rotatable bonds is 8. The third-order valence-corrected chi connectivity index (χ3v) is 2.19. The predicted molar refractivity (Wildman–Crippen MR) is 59.9 cm³/mol. The number of methoxy groups -OCH3 is 1. The summed E-state index contributed by atoms with van der Waals surface area (Å²) >= 11 is 0. The van der Waals surface area contributed by atoms with Crippen molar-refractivity contribution in [3.05, 3.63) is 11.9 Å². The van der Waals surface area contributed by atoms with E-state index in [9.17, 15) is 0 Å². The van der Waals surface area contributed by atoms with Gasteiger partial charge < -0.3 is 15.2 Å². The van der Waals surface area contributed by atoms with Gasteiger partial charge in [-0.3, -0.25) is 0 Å². The fourth-order valence-electron chi connectivity index (χ4n) is 1.38. The van der Waals surface area contributed by atoms with Crippen molar-refractivity contribution >= 4 is 0 Å². The van der Waals surface area contributed by atoms with Gasteiger partial charge in [0.2, 0.25) is 0 Å². The number of nitrogens with two attached hydrogens (primary N) is 1. The molecule has 0 aliphatic rings. The highest BCUT2D eigenvalue weighted by Gasteiger charge is 2.12. The molecule has 1 aromatic heterocycles. The Morgan fingerprint density at radius 1 is 1.50 bits per heavy atom. The Bertz CT molecular complexity index is 290. The van der Waals surface area contributed by atoms with Crippen LogP contribution in [0.15, 0.2) is 6.20 Å². The number of hydrogen-bond acceptors (Lipinski definition) is 5. The molecule has 0 saturated carbocycles. The minimum absolute atomic E-state index is 0.182. The lowest BCUT2D eigenvalue weighted by Crippen LogP contribution is -2.22. The molecular formula is C10H20N4O2. The highest BCUT2D eigenvalue weighted by molar-refractivity contribution is 5.01. The van der Waals surface area contributed by atoms with Gasteiger partial charge in [-0.05, 0) is 6.42 Å². The van der Waals surface area contributed by atoms with Gasteiger partial charge in [-0.15, -0.1) is 5.10 Å². The van der Waals surface area contributed by atoms with E-state index in [2.05, 4.69) is 17.2 Å². The molecule has 2 N–H and O–H groups in total. The van der Waals surface area contributed by atoms with Crippen LogP contribution in [0, 0.1) is 0 Å². The third kappa shape index (κ3) is 3.88. The number of aromatic nitrogens is 3. The Morgan fingerprint density at radius 3 is 3.00 bits per heavy atom. The Labute approximate surface area is 95.7 Å². The van der Waals surface area contributed by atoms with Gasteiger partial charge in [0.05, 0.1) is 37.8 Å². The summed E-state index contributed by atoms with van der Waals surface area (Å²) in [5.74, 6) is 0. The maximum atomic E-state index is 5.99. The van der Waals surface area contributed by atoms with Gasteiger partial charge in [-0.25, -0.2) is 4.68 Å². The molecule has 0 aliphatic carbocycles. The molecule has 0 saturated heterocycles.